The lowest BCUT2D eigenvalue weighted by Gasteiger charge is -2.48. The Labute approximate surface area is 141 Å². The SMILES string of the molecule is CC1(C)CC(N=C(NC#N)Nc2cccc(F)n2)CC(C)(C)N1[O]. The van der Waals surface area contributed by atoms with E-state index in [1.165, 1.54) is 12.1 Å². The van der Waals surface area contributed by atoms with Gasteiger partial charge in [0.2, 0.25) is 11.9 Å². The van der Waals surface area contributed by atoms with E-state index in [1.807, 2.05) is 27.7 Å². The average molecular weight is 333 g/mol. The molecule has 2 rings (SSSR count). The molecule has 1 aromatic heterocycles. The van der Waals surface area contributed by atoms with Crippen LogP contribution in [0.15, 0.2) is 23.2 Å². The molecule has 1 radical (unpaired) electrons. The van der Waals surface area contributed by atoms with Gasteiger partial charge in [0.25, 0.3) is 0 Å². The molecule has 1 aliphatic rings. The number of halogens is 1. The molecule has 129 valence electrons. The van der Waals surface area contributed by atoms with Crippen molar-refractivity contribution in [3.63, 3.8) is 0 Å². The van der Waals surface area contributed by atoms with Crippen LogP contribution in [0.1, 0.15) is 40.5 Å². The number of nitriles is 1. The molecule has 2 N–H and O–H groups in total. The Bertz CT molecular complexity index is 649. The van der Waals surface area contributed by atoms with Gasteiger partial charge in [-0.3, -0.25) is 5.32 Å². The van der Waals surface area contributed by atoms with Crippen LogP contribution in [0, 0.1) is 17.4 Å². The fourth-order valence-electron chi connectivity index (χ4n) is 3.23. The number of nitrogens with one attached hydrogen (secondary N) is 2. The summed E-state index contributed by atoms with van der Waals surface area (Å²) in [5, 5.41) is 27.7. The van der Waals surface area contributed by atoms with Gasteiger partial charge >= 0.3 is 0 Å². The van der Waals surface area contributed by atoms with Gasteiger partial charge in [0.1, 0.15) is 5.82 Å². The summed E-state index contributed by atoms with van der Waals surface area (Å²) in [7, 11) is 0. The van der Waals surface area contributed by atoms with Gasteiger partial charge in [0.15, 0.2) is 6.19 Å². The molecule has 0 spiro atoms. The minimum Gasteiger partial charge on any atom is -0.310 e. The Balaban J connectivity index is 2.22. The molecular formula is C16H22FN6O. The smallest absolute Gasteiger partial charge is 0.214 e. The highest BCUT2D eigenvalue weighted by molar-refractivity contribution is 5.93. The number of guanidine groups is 1. The van der Waals surface area contributed by atoms with E-state index in [1.54, 1.807) is 12.3 Å². The summed E-state index contributed by atoms with van der Waals surface area (Å²) < 4.78 is 13.2. The van der Waals surface area contributed by atoms with Crippen molar-refractivity contribution in [1.82, 2.24) is 15.4 Å². The monoisotopic (exact) mass is 333 g/mol. The molecule has 0 bridgehead atoms. The van der Waals surface area contributed by atoms with Gasteiger partial charge in [-0.2, -0.15) is 9.65 Å². The lowest BCUT2D eigenvalue weighted by Crippen LogP contribution is -2.59. The third-order valence-corrected chi connectivity index (χ3v) is 4.02. The number of piperidine rings is 1. The van der Waals surface area contributed by atoms with Crippen LogP contribution < -0.4 is 10.6 Å². The molecule has 24 heavy (non-hydrogen) atoms. The van der Waals surface area contributed by atoms with Crippen LogP contribution in [-0.4, -0.2) is 33.1 Å². The van der Waals surface area contributed by atoms with Crippen molar-refractivity contribution in [2.75, 3.05) is 5.32 Å². The zero-order valence-corrected chi connectivity index (χ0v) is 14.3. The highest BCUT2D eigenvalue weighted by Crippen LogP contribution is 2.38. The number of anilines is 1. The largest absolute Gasteiger partial charge is 0.310 e. The lowest BCUT2D eigenvalue weighted by atomic mass is 9.79. The fraction of sp³-hybridized carbons (Fsp3) is 0.562. The van der Waals surface area contributed by atoms with Crippen molar-refractivity contribution in [2.24, 2.45) is 4.99 Å². The van der Waals surface area contributed by atoms with Crippen LogP contribution in [0.3, 0.4) is 0 Å². The van der Waals surface area contributed by atoms with Crippen LogP contribution in [0.2, 0.25) is 0 Å². The highest BCUT2D eigenvalue weighted by Gasteiger charge is 2.46. The molecule has 8 heteroatoms. The van der Waals surface area contributed by atoms with Crippen LogP contribution in [-0.2, 0) is 5.21 Å². The van der Waals surface area contributed by atoms with Gasteiger partial charge in [0, 0.05) is 11.1 Å². The third kappa shape index (κ3) is 4.19. The maximum absolute atomic E-state index is 13.2. The molecule has 0 amide bonds. The summed E-state index contributed by atoms with van der Waals surface area (Å²) in [5.41, 5.74) is -1.13. The number of aromatic nitrogens is 1. The zero-order chi connectivity index (χ0) is 18.0. The van der Waals surface area contributed by atoms with E-state index < -0.39 is 17.0 Å². The Morgan fingerprint density at radius 2 is 2.00 bits per heavy atom. The predicted molar refractivity (Wildman–Crippen MR) is 87.7 cm³/mol. The Hall–Kier alpha value is -2.24. The number of rotatable bonds is 2. The highest BCUT2D eigenvalue weighted by atomic mass is 19.1. The molecule has 0 unspecified atom stereocenters. The van der Waals surface area contributed by atoms with Gasteiger partial charge < -0.3 is 5.32 Å². The van der Waals surface area contributed by atoms with Gasteiger partial charge in [-0.15, -0.1) is 10.3 Å². The van der Waals surface area contributed by atoms with Crippen LogP contribution in [0.4, 0.5) is 10.2 Å². The molecule has 0 saturated carbocycles. The Morgan fingerprint density at radius 1 is 1.38 bits per heavy atom. The number of nitrogens with zero attached hydrogens (tertiary/aromatic N) is 4. The molecule has 7 nitrogen and oxygen atoms in total. The van der Waals surface area contributed by atoms with E-state index in [0.717, 1.165) is 5.06 Å². The molecule has 0 aliphatic carbocycles. The molecule has 0 atom stereocenters. The maximum atomic E-state index is 13.2. The van der Waals surface area contributed by atoms with Gasteiger partial charge in [-0.1, -0.05) is 6.07 Å². The molecular weight excluding hydrogens is 311 g/mol. The predicted octanol–water partition coefficient (Wildman–Crippen LogP) is 2.43. The fourth-order valence-corrected chi connectivity index (χ4v) is 3.23. The van der Waals surface area contributed by atoms with Crippen LogP contribution >= 0.6 is 0 Å². The van der Waals surface area contributed by atoms with Crippen molar-refractivity contribution in [3.8, 4) is 6.19 Å². The summed E-state index contributed by atoms with van der Waals surface area (Å²) in [6, 6.07) is 4.16. The van der Waals surface area contributed by atoms with Crippen molar-refractivity contribution in [3.05, 3.63) is 24.1 Å². The Morgan fingerprint density at radius 3 is 2.54 bits per heavy atom. The van der Waals surface area contributed by atoms with E-state index in [2.05, 4.69) is 20.6 Å². The Kier molecular flexibility index (Phi) is 5.06. The van der Waals surface area contributed by atoms with E-state index in [0.29, 0.717) is 12.8 Å². The number of hydroxylamine groups is 2. The summed E-state index contributed by atoms with van der Waals surface area (Å²) in [5.74, 6) is -0.193. The molecule has 0 aromatic carbocycles. The third-order valence-electron chi connectivity index (χ3n) is 4.02. The normalized spacial score (nSPS) is 21.1. The second-order valence-corrected chi connectivity index (χ2v) is 7.17. The minimum absolute atomic E-state index is 0.155. The first-order valence-electron chi connectivity index (χ1n) is 7.74. The van der Waals surface area contributed by atoms with Gasteiger partial charge in [-0.05, 0) is 52.7 Å². The molecule has 1 aromatic rings. The lowest BCUT2D eigenvalue weighted by molar-refractivity contribution is -0.288. The number of hydrogen-bond donors (Lipinski definition) is 2. The summed E-state index contributed by atoms with van der Waals surface area (Å²) in [6.07, 6.45) is 2.91. The topological polar surface area (TPSA) is 96.2 Å². The second-order valence-electron chi connectivity index (χ2n) is 7.17. The van der Waals surface area contributed by atoms with Crippen molar-refractivity contribution < 1.29 is 9.60 Å². The minimum atomic E-state index is -0.627. The first-order valence-corrected chi connectivity index (χ1v) is 7.74. The summed E-state index contributed by atoms with van der Waals surface area (Å²) >= 11 is 0. The summed E-state index contributed by atoms with van der Waals surface area (Å²) in [4.78, 5) is 8.21. The summed E-state index contributed by atoms with van der Waals surface area (Å²) in [6.45, 7) is 7.51. The first kappa shape index (κ1) is 18.1. The first-order chi connectivity index (χ1) is 11.1. The van der Waals surface area contributed by atoms with E-state index >= 15 is 0 Å². The second kappa shape index (κ2) is 6.71. The number of hydrogen-bond acceptors (Lipinski definition) is 4. The molecule has 2 heterocycles. The molecule has 1 aliphatic heterocycles. The van der Waals surface area contributed by atoms with Crippen molar-refractivity contribution >= 4 is 11.8 Å². The van der Waals surface area contributed by atoms with Crippen LogP contribution in [0.5, 0.6) is 0 Å². The molecule has 1 fully saturated rings. The quantitative estimate of drug-likeness (QED) is 0.285. The van der Waals surface area contributed by atoms with Gasteiger partial charge in [-0.25, -0.2) is 9.98 Å². The van der Waals surface area contributed by atoms with E-state index in [4.69, 9.17) is 5.26 Å². The standard InChI is InChI=1S/C16H22FN6O/c1-15(2)8-11(9-16(3,4)23(15)24)20-14(19-10-18)22-13-7-5-6-12(17)21-13/h5-7,11H,8-9H2,1-4H3,(H2,19,20,21,22). The van der Waals surface area contributed by atoms with E-state index in [-0.39, 0.29) is 17.8 Å². The average Bonchev–Trinajstić information content (AvgIpc) is 2.44. The van der Waals surface area contributed by atoms with Gasteiger partial charge in [0.05, 0.1) is 6.04 Å². The maximum Gasteiger partial charge on any atom is 0.214 e. The number of aliphatic imine (C=N–C) groups is 1. The van der Waals surface area contributed by atoms with Crippen molar-refractivity contribution in [1.29, 1.82) is 5.26 Å². The zero-order valence-electron chi connectivity index (χ0n) is 14.3. The van der Waals surface area contributed by atoms with Crippen molar-refractivity contribution in [2.45, 2.75) is 57.7 Å². The molecule has 1 saturated heterocycles. The number of pyridine rings is 1. The van der Waals surface area contributed by atoms with Crippen LogP contribution in [0.25, 0.3) is 0 Å². The van der Waals surface area contributed by atoms with E-state index in [9.17, 15) is 9.60 Å².